The number of benzene rings is 1. The van der Waals surface area contributed by atoms with Crippen LogP contribution in [0.15, 0.2) is 18.2 Å². The third-order valence-corrected chi connectivity index (χ3v) is 3.09. The summed E-state index contributed by atoms with van der Waals surface area (Å²) in [5.41, 5.74) is 2.22. The van der Waals surface area contributed by atoms with Gasteiger partial charge in [-0.3, -0.25) is 4.79 Å². The summed E-state index contributed by atoms with van der Waals surface area (Å²) in [5.74, 6) is 0.155. The molecule has 0 fully saturated rings. The van der Waals surface area contributed by atoms with Gasteiger partial charge in [-0.15, -0.1) is 0 Å². The van der Waals surface area contributed by atoms with Gasteiger partial charge in [0, 0.05) is 12.5 Å². The molecule has 0 bridgehead atoms. The van der Waals surface area contributed by atoms with Gasteiger partial charge in [0.25, 0.3) is 0 Å². The number of ether oxygens (including phenoxy) is 1. The molecule has 0 saturated carbocycles. The number of carboxylic acids is 1. The second-order valence-electron chi connectivity index (χ2n) is 4.54. The van der Waals surface area contributed by atoms with Crippen molar-refractivity contribution in [3.05, 3.63) is 29.3 Å². The largest absolute Gasteiger partial charge is 0.493 e. The van der Waals surface area contributed by atoms with E-state index < -0.39 is 5.97 Å². The topological polar surface area (TPSA) is 49.8 Å². The number of carboxylic acid groups (broad SMARTS) is 1. The van der Waals surface area contributed by atoms with E-state index in [9.17, 15) is 4.79 Å². The lowest BCUT2D eigenvalue weighted by molar-refractivity contribution is -0.138. The maximum absolute atomic E-state index is 10.9. The molecule has 1 aliphatic rings. The Balaban J connectivity index is 2.27. The van der Waals surface area contributed by atoms with Crippen molar-refractivity contribution in [3.8, 4) is 5.75 Å². The molecule has 0 aromatic heterocycles. The lowest BCUT2D eigenvalue weighted by Gasteiger charge is -2.23. The Kier molecular flexibility index (Phi) is 3.33. The fraction of sp³-hybridized carbons (Fsp3) is 0.462. The van der Waals surface area contributed by atoms with Gasteiger partial charge < -0.3 is 14.7 Å². The van der Waals surface area contributed by atoms with Crippen molar-refractivity contribution in [1.82, 2.24) is 4.90 Å². The number of rotatable bonds is 4. The molecule has 0 saturated heterocycles. The first-order chi connectivity index (χ1) is 8.08. The summed E-state index contributed by atoms with van der Waals surface area (Å²) in [7, 11) is 3.80. The highest BCUT2D eigenvalue weighted by Gasteiger charge is 2.20. The van der Waals surface area contributed by atoms with Gasteiger partial charge in [-0.2, -0.15) is 0 Å². The molecule has 1 aliphatic heterocycles. The average molecular weight is 235 g/mol. The molecule has 4 heteroatoms. The van der Waals surface area contributed by atoms with Crippen LogP contribution in [0.2, 0.25) is 0 Å². The van der Waals surface area contributed by atoms with E-state index in [0.717, 1.165) is 24.3 Å². The van der Waals surface area contributed by atoms with Crippen LogP contribution in [0.1, 0.15) is 23.6 Å². The molecule has 1 heterocycles. The summed E-state index contributed by atoms with van der Waals surface area (Å²) in [6, 6.07) is 5.88. The Morgan fingerprint density at radius 2 is 2.29 bits per heavy atom. The Morgan fingerprint density at radius 3 is 2.94 bits per heavy atom. The molecule has 1 aromatic rings. The van der Waals surface area contributed by atoms with Crippen LogP contribution in [0.4, 0.5) is 0 Å². The average Bonchev–Trinajstić information content (AvgIpc) is 2.72. The highest BCUT2D eigenvalue weighted by Crippen LogP contribution is 2.30. The van der Waals surface area contributed by atoms with Gasteiger partial charge in [0.05, 0.1) is 13.0 Å². The third-order valence-electron chi connectivity index (χ3n) is 3.09. The van der Waals surface area contributed by atoms with Crippen molar-refractivity contribution < 1.29 is 14.6 Å². The molecule has 1 atom stereocenters. The predicted molar refractivity (Wildman–Crippen MR) is 64.3 cm³/mol. The van der Waals surface area contributed by atoms with Crippen LogP contribution in [-0.2, 0) is 11.2 Å². The van der Waals surface area contributed by atoms with Gasteiger partial charge in [-0.05, 0) is 31.3 Å². The fourth-order valence-corrected chi connectivity index (χ4v) is 2.18. The summed E-state index contributed by atoms with van der Waals surface area (Å²) >= 11 is 0. The lowest BCUT2D eigenvalue weighted by Crippen LogP contribution is -2.22. The normalized spacial score (nSPS) is 15.5. The molecule has 1 unspecified atom stereocenters. The molecule has 0 spiro atoms. The molecule has 92 valence electrons. The summed E-state index contributed by atoms with van der Waals surface area (Å²) in [6.07, 6.45) is 1.03. The zero-order valence-corrected chi connectivity index (χ0v) is 10.1. The number of hydrogen-bond acceptors (Lipinski definition) is 3. The third kappa shape index (κ3) is 2.58. The summed E-state index contributed by atoms with van der Waals surface area (Å²) in [6.45, 7) is 0.727. The van der Waals surface area contributed by atoms with Crippen molar-refractivity contribution in [2.75, 3.05) is 20.7 Å². The molecule has 0 aliphatic carbocycles. The van der Waals surface area contributed by atoms with Gasteiger partial charge in [-0.25, -0.2) is 0 Å². The Bertz CT molecular complexity index is 429. The van der Waals surface area contributed by atoms with Crippen molar-refractivity contribution in [3.63, 3.8) is 0 Å². The van der Waals surface area contributed by atoms with Crippen molar-refractivity contribution in [1.29, 1.82) is 0 Å². The SMILES string of the molecule is CN(C)C(CC(=O)O)c1ccc2c(c1)CCO2. The van der Waals surface area contributed by atoms with E-state index in [1.807, 2.05) is 31.1 Å². The van der Waals surface area contributed by atoms with Crippen LogP contribution in [0, 0.1) is 0 Å². The summed E-state index contributed by atoms with van der Waals surface area (Å²) < 4.78 is 5.44. The van der Waals surface area contributed by atoms with Gasteiger partial charge in [0.15, 0.2) is 0 Å². The number of carbonyl (C=O) groups is 1. The second-order valence-corrected chi connectivity index (χ2v) is 4.54. The van der Waals surface area contributed by atoms with Gasteiger partial charge in [0.2, 0.25) is 0 Å². The van der Waals surface area contributed by atoms with Crippen molar-refractivity contribution >= 4 is 5.97 Å². The van der Waals surface area contributed by atoms with Crippen LogP contribution in [-0.4, -0.2) is 36.7 Å². The van der Waals surface area contributed by atoms with Crippen molar-refractivity contribution in [2.45, 2.75) is 18.9 Å². The van der Waals surface area contributed by atoms with E-state index in [1.54, 1.807) is 0 Å². The van der Waals surface area contributed by atoms with Crippen LogP contribution in [0.25, 0.3) is 0 Å². The molecule has 2 rings (SSSR count). The van der Waals surface area contributed by atoms with E-state index in [4.69, 9.17) is 9.84 Å². The Hall–Kier alpha value is -1.55. The smallest absolute Gasteiger partial charge is 0.305 e. The van der Waals surface area contributed by atoms with Crippen LogP contribution < -0.4 is 4.74 Å². The molecular weight excluding hydrogens is 218 g/mol. The molecular formula is C13H17NO3. The highest BCUT2D eigenvalue weighted by atomic mass is 16.5. The highest BCUT2D eigenvalue weighted by molar-refractivity contribution is 5.68. The first kappa shape index (κ1) is 11.9. The zero-order chi connectivity index (χ0) is 12.4. The van der Waals surface area contributed by atoms with E-state index in [0.29, 0.717) is 0 Å². The van der Waals surface area contributed by atoms with Crippen LogP contribution >= 0.6 is 0 Å². The number of nitrogens with zero attached hydrogens (tertiary/aromatic N) is 1. The van der Waals surface area contributed by atoms with Gasteiger partial charge >= 0.3 is 5.97 Å². The van der Waals surface area contributed by atoms with E-state index in [1.165, 1.54) is 5.56 Å². The Morgan fingerprint density at radius 1 is 1.53 bits per heavy atom. The minimum absolute atomic E-state index is 0.0848. The minimum atomic E-state index is -0.777. The second kappa shape index (κ2) is 4.75. The predicted octanol–water partition coefficient (Wildman–Crippen LogP) is 1.70. The zero-order valence-electron chi connectivity index (χ0n) is 10.1. The molecule has 17 heavy (non-hydrogen) atoms. The number of aliphatic carboxylic acids is 1. The monoisotopic (exact) mass is 235 g/mol. The fourth-order valence-electron chi connectivity index (χ4n) is 2.18. The summed E-state index contributed by atoms with van der Waals surface area (Å²) in [5, 5.41) is 8.94. The molecule has 1 N–H and O–H groups in total. The molecule has 0 amide bonds. The molecule has 4 nitrogen and oxygen atoms in total. The maximum Gasteiger partial charge on any atom is 0.305 e. The number of fused-ring (bicyclic) bond motifs is 1. The van der Waals surface area contributed by atoms with E-state index in [-0.39, 0.29) is 12.5 Å². The first-order valence-electron chi connectivity index (χ1n) is 5.72. The van der Waals surface area contributed by atoms with Crippen LogP contribution in [0.5, 0.6) is 5.75 Å². The van der Waals surface area contributed by atoms with Crippen molar-refractivity contribution in [2.24, 2.45) is 0 Å². The van der Waals surface area contributed by atoms with Gasteiger partial charge in [0.1, 0.15) is 5.75 Å². The standard InChI is InChI=1S/C13H17NO3/c1-14(2)11(8-13(15)16)9-3-4-12-10(7-9)5-6-17-12/h3-4,7,11H,5-6,8H2,1-2H3,(H,15,16). The Labute approximate surface area is 101 Å². The maximum atomic E-state index is 10.9. The van der Waals surface area contributed by atoms with Gasteiger partial charge in [-0.1, -0.05) is 12.1 Å². The quantitative estimate of drug-likeness (QED) is 0.863. The van der Waals surface area contributed by atoms with Crippen LogP contribution in [0.3, 0.4) is 0 Å². The molecule has 0 radical (unpaired) electrons. The summed E-state index contributed by atoms with van der Waals surface area (Å²) in [4.78, 5) is 12.8. The first-order valence-corrected chi connectivity index (χ1v) is 5.72. The minimum Gasteiger partial charge on any atom is -0.493 e. The lowest BCUT2D eigenvalue weighted by atomic mass is 9.99. The molecule has 1 aromatic carbocycles. The van der Waals surface area contributed by atoms with E-state index >= 15 is 0 Å². The van der Waals surface area contributed by atoms with E-state index in [2.05, 4.69) is 6.07 Å². The number of hydrogen-bond donors (Lipinski definition) is 1.